The molecule has 0 saturated carbocycles. The van der Waals surface area contributed by atoms with Gasteiger partial charge in [0.05, 0.1) is 5.02 Å². The summed E-state index contributed by atoms with van der Waals surface area (Å²) < 4.78 is 0. The maximum Gasteiger partial charge on any atom is 0.309 e. The highest BCUT2D eigenvalue weighted by Crippen LogP contribution is 2.17. The van der Waals surface area contributed by atoms with Crippen LogP contribution in [0.15, 0.2) is 54.6 Å². The van der Waals surface area contributed by atoms with E-state index in [4.69, 9.17) is 16.4 Å². The first-order valence-electron chi connectivity index (χ1n) is 5.87. The van der Waals surface area contributed by atoms with Crippen molar-refractivity contribution >= 4 is 29.2 Å². The van der Waals surface area contributed by atoms with Crippen molar-refractivity contribution in [1.82, 2.24) is 0 Å². The molecule has 2 rings (SSSR count). The average Bonchev–Trinajstić information content (AvgIpc) is 2.46. The molecule has 4 N–H and O–H groups in total. The number of carbonyl (C=O) groups excluding carboxylic acids is 3. The zero-order chi connectivity index (χ0) is 15.8. The molecular weight excluding hydrogens is 292 g/mol. The summed E-state index contributed by atoms with van der Waals surface area (Å²) in [5, 5.41) is 0.293. The number of carbonyl (C=O) groups is 3. The molecule has 5 nitrogen and oxygen atoms in total. The molecule has 108 valence electrons. The first kappa shape index (κ1) is 16.4. The van der Waals surface area contributed by atoms with Gasteiger partial charge in [-0.25, -0.2) is 4.79 Å². The van der Waals surface area contributed by atoms with E-state index in [2.05, 4.69) is 11.5 Å². The first-order valence-corrected chi connectivity index (χ1v) is 6.24. The molecule has 0 fully saturated rings. The van der Waals surface area contributed by atoms with Crippen molar-refractivity contribution in [2.75, 3.05) is 0 Å². The monoisotopic (exact) mass is 304 g/mol. The highest BCUT2D eigenvalue weighted by atomic mass is 35.5. The Morgan fingerprint density at radius 2 is 1.24 bits per heavy atom. The number of halogens is 1. The summed E-state index contributed by atoms with van der Waals surface area (Å²) in [4.78, 5) is 32.8. The molecule has 0 aliphatic heterocycles. The topological polar surface area (TPSA) is 103 Å². The van der Waals surface area contributed by atoms with E-state index >= 15 is 0 Å². The smallest absolute Gasteiger partial charge is 0.309 e. The number of amides is 2. The Kier molecular flexibility index (Phi) is 6.10. The number of hydrogen-bond acceptors (Lipinski definition) is 3. The molecule has 2 aromatic carbocycles. The molecule has 0 aromatic heterocycles. The first-order chi connectivity index (χ1) is 9.93. The second-order valence-electron chi connectivity index (χ2n) is 3.91. The van der Waals surface area contributed by atoms with Gasteiger partial charge in [0.25, 0.3) is 0 Å². The number of hydrogen-bond donors (Lipinski definition) is 2. The van der Waals surface area contributed by atoms with Crippen LogP contribution in [0.2, 0.25) is 5.02 Å². The third kappa shape index (κ3) is 5.08. The Labute approximate surface area is 126 Å². The Hall–Kier alpha value is -2.66. The van der Waals surface area contributed by atoms with Crippen LogP contribution in [-0.4, -0.2) is 17.6 Å². The molecular formula is C15H13ClN2O3. The number of primary amides is 2. The van der Waals surface area contributed by atoms with E-state index in [0.29, 0.717) is 10.6 Å². The molecule has 2 aromatic rings. The normalized spacial score (nSPS) is 9.19. The quantitative estimate of drug-likeness (QED) is 0.672. The maximum absolute atomic E-state index is 11.9. The lowest BCUT2D eigenvalue weighted by Crippen LogP contribution is -2.18. The molecule has 6 heteroatoms. The van der Waals surface area contributed by atoms with E-state index in [-0.39, 0.29) is 5.56 Å². The molecule has 0 heterocycles. The molecule has 0 spiro atoms. The molecule has 0 aliphatic rings. The van der Waals surface area contributed by atoms with Crippen LogP contribution in [0.1, 0.15) is 20.7 Å². The molecule has 0 radical (unpaired) electrons. The lowest BCUT2D eigenvalue weighted by Gasteiger charge is -2.02. The van der Waals surface area contributed by atoms with Gasteiger partial charge < -0.3 is 11.5 Å². The predicted octanol–water partition coefficient (Wildman–Crippen LogP) is 2.43. The molecule has 0 aliphatic carbocycles. The molecule has 0 atom stereocenters. The Morgan fingerprint density at radius 3 is 1.76 bits per heavy atom. The number of urea groups is 1. The zero-order valence-corrected chi connectivity index (χ0v) is 11.7. The van der Waals surface area contributed by atoms with E-state index in [1.54, 1.807) is 54.6 Å². The predicted molar refractivity (Wildman–Crippen MR) is 80.3 cm³/mol. The summed E-state index contributed by atoms with van der Waals surface area (Å²) in [5.41, 5.74) is 9.11. The summed E-state index contributed by atoms with van der Waals surface area (Å²) in [7, 11) is 0. The van der Waals surface area contributed by atoms with Crippen molar-refractivity contribution in [1.29, 1.82) is 0 Å². The Balaban J connectivity index is 0.000000491. The van der Waals surface area contributed by atoms with Gasteiger partial charge in [0.15, 0.2) is 0 Å². The van der Waals surface area contributed by atoms with Gasteiger partial charge in [-0.1, -0.05) is 54.1 Å². The van der Waals surface area contributed by atoms with Gasteiger partial charge in [-0.3, -0.25) is 9.59 Å². The van der Waals surface area contributed by atoms with Gasteiger partial charge in [0.1, 0.15) is 0 Å². The number of rotatable bonds is 3. The average molecular weight is 305 g/mol. The number of benzene rings is 2. The second kappa shape index (κ2) is 7.81. The van der Waals surface area contributed by atoms with Crippen LogP contribution in [0, 0.1) is 0 Å². The second-order valence-corrected chi connectivity index (χ2v) is 4.31. The highest BCUT2D eigenvalue weighted by molar-refractivity contribution is 6.51. The van der Waals surface area contributed by atoms with Crippen molar-refractivity contribution in [3.63, 3.8) is 0 Å². The highest BCUT2D eigenvalue weighted by Gasteiger charge is 2.19. The summed E-state index contributed by atoms with van der Waals surface area (Å²) in [6.45, 7) is 0. The Bertz CT molecular complexity index is 653. The third-order valence-corrected chi connectivity index (χ3v) is 2.69. The van der Waals surface area contributed by atoms with Crippen molar-refractivity contribution < 1.29 is 14.4 Å². The minimum atomic E-state index is -0.833. The summed E-state index contributed by atoms with van der Waals surface area (Å²) >= 11 is 5.88. The van der Waals surface area contributed by atoms with Gasteiger partial charge in [-0.2, -0.15) is 0 Å². The van der Waals surface area contributed by atoms with Gasteiger partial charge >= 0.3 is 6.03 Å². The molecule has 0 unspecified atom stereocenters. The number of nitrogens with two attached hydrogens (primary N) is 2. The van der Waals surface area contributed by atoms with E-state index < -0.39 is 17.6 Å². The van der Waals surface area contributed by atoms with Crippen molar-refractivity contribution in [2.24, 2.45) is 11.5 Å². The Morgan fingerprint density at radius 1 is 0.762 bits per heavy atom. The SMILES string of the molecule is NC(N)=O.O=C(C(=O)c1ccccc1Cl)c1ccccc1. The van der Waals surface area contributed by atoms with E-state index in [1.807, 2.05) is 0 Å². The standard InChI is InChI=1S/C14H9ClO2.CH4N2O/c15-12-9-5-4-8-11(12)14(17)13(16)10-6-2-1-3-7-10;2-1(3)4/h1-9H;(H4,2,3,4). The third-order valence-electron chi connectivity index (χ3n) is 2.36. The van der Waals surface area contributed by atoms with Crippen LogP contribution in [0.25, 0.3) is 0 Å². The summed E-state index contributed by atoms with van der Waals surface area (Å²) in [6.07, 6.45) is 0. The summed E-state index contributed by atoms with van der Waals surface area (Å²) in [6, 6.07) is 14.1. The van der Waals surface area contributed by atoms with Gasteiger partial charge in [0.2, 0.25) is 11.6 Å². The van der Waals surface area contributed by atoms with Gasteiger partial charge in [0, 0.05) is 11.1 Å². The van der Waals surface area contributed by atoms with Crippen LogP contribution < -0.4 is 11.5 Å². The number of Topliss-reactive ketones (excluding diaryl/α,β-unsaturated/α-hetero) is 2. The largest absolute Gasteiger partial charge is 0.352 e. The van der Waals surface area contributed by atoms with E-state index in [9.17, 15) is 9.59 Å². The minimum absolute atomic E-state index is 0.239. The lowest BCUT2D eigenvalue weighted by atomic mass is 10.0. The summed E-state index contributed by atoms with van der Waals surface area (Å²) in [5.74, 6) is -1.12. The number of ketones is 2. The van der Waals surface area contributed by atoms with Gasteiger partial charge in [-0.05, 0) is 12.1 Å². The van der Waals surface area contributed by atoms with E-state index in [1.165, 1.54) is 0 Å². The van der Waals surface area contributed by atoms with Crippen LogP contribution in [-0.2, 0) is 0 Å². The van der Waals surface area contributed by atoms with E-state index in [0.717, 1.165) is 0 Å². The lowest BCUT2D eigenvalue weighted by molar-refractivity contribution is 0.0817. The fourth-order valence-corrected chi connectivity index (χ4v) is 1.71. The molecule has 0 saturated heterocycles. The van der Waals surface area contributed by atoms with Crippen molar-refractivity contribution in [3.05, 3.63) is 70.7 Å². The van der Waals surface area contributed by atoms with Crippen molar-refractivity contribution in [2.45, 2.75) is 0 Å². The molecule has 2 amide bonds. The van der Waals surface area contributed by atoms with Crippen LogP contribution >= 0.6 is 11.6 Å². The fraction of sp³-hybridized carbons (Fsp3) is 0. The van der Waals surface area contributed by atoms with Crippen LogP contribution in [0.4, 0.5) is 4.79 Å². The minimum Gasteiger partial charge on any atom is -0.352 e. The fourth-order valence-electron chi connectivity index (χ4n) is 1.49. The zero-order valence-electron chi connectivity index (χ0n) is 11.0. The maximum atomic E-state index is 11.9. The molecule has 0 bridgehead atoms. The molecule has 21 heavy (non-hydrogen) atoms. The van der Waals surface area contributed by atoms with Gasteiger partial charge in [-0.15, -0.1) is 0 Å². The van der Waals surface area contributed by atoms with Crippen LogP contribution in [0.3, 0.4) is 0 Å². The van der Waals surface area contributed by atoms with Crippen LogP contribution in [0.5, 0.6) is 0 Å². The van der Waals surface area contributed by atoms with Crippen molar-refractivity contribution in [3.8, 4) is 0 Å².